The molecule has 0 radical (unpaired) electrons. The minimum Gasteiger partial charge on any atom is -0.378 e. The lowest BCUT2D eigenvalue weighted by atomic mass is 9.82. The quantitative estimate of drug-likeness (QED) is 0.610. The van der Waals surface area contributed by atoms with Crippen molar-refractivity contribution in [2.75, 3.05) is 10.6 Å². The van der Waals surface area contributed by atoms with Crippen molar-refractivity contribution in [3.8, 4) is 0 Å². The van der Waals surface area contributed by atoms with E-state index < -0.39 is 0 Å². The van der Waals surface area contributed by atoms with Gasteiger partial charge < -0.3 is 10.6 Å². The number of amides is 1. The Hall–Kier alpha value is -2.36. The van der Waals surface area contributed by atoms with Crippen LogP contribution in [-0.2, 0) is 11.2 Å². The molecule has 1 aliphatic rings. The third-order valence-electron chi connectivity index (χ3n) is 5.58. The van der Waals surface area contributed by atoms with E-state index in [0.29, 0.717) is 6.42 Å². The van der Waals surface area contributed by atoms with E-state index >= 15 is 0 Å². The Morgan fingerprint density at radius 1 is 1.14 bits per heavy atom. The number of carbonyl (C=O) groups is 1. The maximum absolute atomic E-state index is 13.8. The van der Waals surface area contributed by atoms with Crippen LogP contribution in [0.25, 0.3) is 0 Å². The molecular formula is C25H33FN2O. The summed E-state index contributed by atoms with van der Waals surface area (Å²) in [6.45, 7) is 12.3. The van der Waals surface area contributed by atoms with Crippen molar-refractivity contribution in [2.24, 2.45) is 5.41 Å². The molecule has 3 rings (SSSR count). The highest BCUT2D eigenvalue weighted by Crippen LogP contribution is 2.39. The SMILES string of the molecule is Cc1cc(F)cc(NC2CCCc3c2cc(C)c(NC(=O)CC(C)(C)C)c3C)c1. The van der Waals surface area contributed by atoms with E-state index in [-0.39, 0.29) is 23.2 Å². The Morgan fingerprint density at radius 2 is 1.86 bits per heavy atom. The third-order valence-corrected chi connectivity index (χ3v) is 5.58. The zero-order valence-electron chi connectivity index (χ0n) is 18.5. The Kier molecular flexibility index (Phi) is 6.02. The van der Waals surface area contributed by atoms with Gasteiger partial charge in [-0.25, -0.2) is 4.39 Å². The molecule has 0 saturated carbocycles. The van der Waals surface area contributed by atoms with Crippen molar-refractivity contribution in [3.05, 3.63) is 57.9 Å². The zero-order valence-corrected chi connectivity index (χ0v) is 18.5. The Balaban J connectivity index is 1.89. The van der Waals surface area contributed by atoms with Gasteiger partial charge in [0, 0.05) is 17.8 Å². The molecule has 0 aliphatic heterocycles. The molecule has 4 heteroatoms. The molecule has 0 aromatic heterocycles. The fourth-order valence-corrected chi connectivity index (χ4v) is 4.37. The number of hydrogen-bond acceptors (Lipinski definition) is 2. The molecule has 0 heterocycles. The van der Waals surface area contributed by atoms with E-state index in [1.54, 1.807) is 12.1 Å². The van der Waals surface area contributed by atoms with E-state index in [9.17, 15) is 9.18 Å². The molecule has 2 N–H and O–H groups in total. The van der Waals surface area contributed by atoms with Gasteiger partial charge in [0.05, 0.1) is 6.04 Å². The predicted molar refractivity (Wildman–Crippen MR) is 119 cm³/mol. The molecule has 3 nitrogen and oxygen atoms in total. The van der Waals surface area contributed by atoms with Crippen molar-refractivity contribution < 1.29 is 9.18 Å². The summed E-state index contributed by atoms with van der Waals surface area (Å²) in [5.74, 6) is -0.155. The van der Waals surface area contributed by atoms with Gasteiger partial charge in [-0.3, -0.25) is 4.79 Å². The second-order valence-corrected chi connectivity index (χ2v) is 9.65. The number of benzene rings is 2. The topological polar surface area (TPSA) is 41.1 Å². The van der Waals surface area contributed by atoms with E-state index in [0.717, 1.165) is 47.3 Å². The number of halogens is 1. The highest BCUT2D eigenvalue weighted by atomic mass is 19.1. The number of fused-ring (bicyclic) bond motifs is 1. The Morgan fingerprint density at radius 3 is 2.52 bits per heavy atom. The molecule has 2 aromatic carbocycles. The monoisotopic (exact) mass is 396 g/mol. The minimum absolute atomic E-state index is 0.0434. The second-order valence-electron chi connectivity index (χ2n) is 9.65. The van der Waals surface area contributed by atoms with Gasteiger partial charge in [0.25, 0.3) is 0 Å². The maximum atomic E-state index is 13.8. The van der Waals surface area contributed by atoms with Gasteiger partial charge in [-0.15, -0.1) is 0 Å². The molecule has 1 atom stereocenters. The molecule has 1 amide bonds. The lowest BCUT2D eigenvalue weighted by Gasteiger charge is -2.31. The van der Waals surface area contributed by atoms with Crippen LogP contribution in [0.2, 0.25) is 0 Å². The molecule has 1 aliphatic carbocycles. The van der Waals surface area contributed by atoms with Gasteiger partial charge in [0.1, 0.15) is 5.82 Å². The summed E-state index contributed by atoms with van der Waals surface area (Å²) in [6.07, 6.45) is 3.57. The van der Waals surface area contributed by atoms with Gasteiger partial charge in [-0.1, -0.05) is 26.8 Å². The summed E-state index contributed by atoms with van der Waals surface area (Å²) >= 11 is 0. The first kappa shape index (κ1) is 21.4. The van der Waals surface area contributed by atoms with Gasteiger partial charge in [0.15, 0.2) is 0 Å². The van der Waals surface area contributed by atoms with Crippen LogP contribution >= 0.6 is 0 Å². The van der Waals surface area contributed by atoms with Crippen LogP contribution in [-0.4, -0.2) is 5.91 Å². The second kappa shape index (κ2) is 8.17. The fraction of sp³-hybridized carbons (Fsp3) is 0.480. The van der Waals surface area contributed by atoms with Crippen molar-refractivity contribution in [2.45, 2.75) is 73.3 Å². The average Bonchev–Trinajstić information content (AvgIpc) is 2.57. The van der Waals surface area contributed by atoms with E-state index in [4.69, 9.17) is 0 Å². The molecule has 0 saturated heterocycles. The van der Waals surface area contributed by atoms with Crippen LogP contribution in [0.5, 0.6) is 0 Å². The summed E-state index contributed by atoms with van der Waals surface area (Å²) < 4.78 is 13.8. The number of rotatable bonds is 4. The molecule has 0 bridgehead atoms. The van der Waals surface area contributed by atoms with Gasteiger partial charge in [-0.2, -0.15) is 0 Å². The number of anilines is 2. The largest absolute Gasteiger partial charge is 0.378 e. The fourth-order valence-electron chi connectivity index (χ4n) is 4.37. The van der Waals surface area contributed by atoms with E-state index in [1.807, 2.05) is 13.0 Å². The van der Waals surface area contributed by atoms with Crippen LogP contribution in [0, 0.1) is 32.0 Å². The molecule has 156 valence electrons. The molecular weight excluding hydrogens is 363 g/mol. The molecule has 29 heavy (non-hydrogen) atoms. The minimum atomic E-state index is -0.215. The number of aryl methyl sites for hydroxylation is 2. The van der Waals surface area contributed by atoms with Crippen molar-refractivity contribution in [1.29, 1.82) is 0 Å². The van der Waals surface area contributed by atoms with E-state index in [1.165, 1.54) is 11.1 Å². The highest BCUT2D eigenvalue weighted by Gasteiger charge is 2.25. The Labute approximate surface area is 174 Å². The number of carbonyl (C=O) groups excluding carboxylic acids is 1. The third kappa shape index (κ3) is 5.17. The summed E-state index contributed by atoms with van der Waals surface area (Å²) in [5.41, 5.74) is 7.43. The summed E-state index contributed by atoms with van der Waals surface area (Å²) in [7, 11) is 0. The molecule has 0 spiro atoms. The summed E-state index contributed by atoms with van der Waals surface area (Å²) in [5, 5.41) is 6.69. The van der Waals surface area contributed by atoms with Crippen molar-refractivity contribution in [3.63, 3.8) is 0 Å². The van der Waals surface area contributed by atoms with Gasteiger partial charge in [0.2, 0.25) is 5.91 Å². The standard InChI is InChI=1S/C25H33FN2O/c1-15-10-18(26)13-19(11-15)27-22-9-7-8-20-17(3)24(16(2)12-21(20)22)28-23(29)14-25(4,5)6/h10-13,22,27H,7-9,14H2,1-6H3,(H,28,29). The first-order valence-electron chi connectivity index (χ1n) is 10.5. The van der Waals surface area contributed by atoms with Gasteiger partial charge in [-0.05, 0) is 91.5 Å². The van der Waals surface area contributed by atoms with Crippen LogP contribution in [0.1, 0.15) is 73.9 Å². The van der Waals surface area contributed by atoms with Crippen molar-refractivity contribution >= 4 is 17.3 Å². The molecule has 1 unspecified atom stereocenters. The van der Waals surface area contributed by atoms with Crippen LogP contribution < -0.4 is 10.6 Å². The normalized spacial score (nSPS) is 16.3. The predicted octanol–water partition coefficient (Wildman–Crippen LogP) is 6.62. The van der Waals surface area contributed by atoms with Gasteiger partial charge >= 0.3 is 0 Å². The Bertz CT molecular complexity index is 907. The van der Waals surface area contributed by atoms with Crippen LogP contribution in [0.3, 0.4) is 0 Å². The average molecular weight is 397 g/mol. The lowest BCUT2D eigenvalue weighted by molar-refractivity contribution is -0.117. The number of hydrogen-bond donors (Lipinski definition) is 2. The highest BCUT2D eigenvalue weighted by molar-refractivity contribution is 5.93. The van der Waals surface area contributed by atoms with E-state index in [2.05, 4.69) is 51.3 Å². The summed E-state index contributed by atoms with van der Waals surface area (Å²) in [4.78, 5) is 12.5. The first-order chi connectivity index (χ1) is 13.5. The van der Waals surface area contributed by atoms with Crippen molar-refractivity contribution in [1.82, 2.24) is 0 Å². The molecule has 0 fully saturated rings. The number of nitrogens with one attached hydrogen (secondary N) is 2. The zero-order chi connectivity index (χ0) is 21.3. The molecule has 2 aromatic rings. The smallest absolute Gasteiger partial charge is 0.224 e. The first-order valence-corrected chi connectivity index (χ1v) is 10.5. The van der Waals surface area contributed by atoms with Crippen LogP contribution in [0.4, 0.5) is 15.8 Å². The summed E-state index contributed by atoms with van der Waals surface area (Å²) in [6, 6.07) is 7.43. The lowest BCUT2D eigenvalue weighted by Crippen LogP contribution is -2.23. The maximum Gasteiger partial charge on any atom is 0.224 e. The van der Waals surface area contributed by atoms with Crippen LogP contribution in [0.15, 0.2) is 24.3 Å².